The third-order valence-electron chi connectivity index (χ3n) is 5.10. The number of rotatable bonds is 4. The first-order valence-electron chi connectivity index (χ1n) is 8.47. The van der Waals surface area contributed by atoms with Crippen LogP contribution in [0, 0.1) is 0 Å². The molecule has 0 spiro atoms. The van der Waals surface area contributed by atoms with Gasteiger partial charge in [0.05, 0.1) is 17.9 Å². The van der Waals surface area contributed by atoms with E-state index in [1.165, 1.54) is 0 Å². The van der Waals surface area contributed by atoms with Gasteiger partial charge >= 0.3 is 6.03 Å². The molecule has 0 unspecified atom stereocenters. The second-order valence-electron chi connectivity index (χ2n) is 6.80. The van der Waals surface area contributed by atoms with Gasteiger partial charge in [-0.15, -0.1) is 0 Å². The van der Waals surface area contributed by atoms with Gasteiger partial charge in [-0.3, -0.25) is 19.3 Å². The molecule has 132 valence electrons. The normalized spacial score (nSPS) is 18.9. The van der Waals surface area contributed by atoms with Crippen LogP contribution in [0.2, 0.25) is 0 Å². The first kappa shape index (κ1) is 15.9. The first-order valence-corrected chi connectivity index (χ1v) is 8.47. The van der Waals surface area contributed by atoms with Crippen LogP contribution < -0.4 is 10.5 Å². The Labute approximate surface area is 145 Å². The molecule has 25 heavy (non-hydrogen) atoms. The number of likely N-dealkylation sites (tertiary alicyclic amines) is 1. The molecule has 2 amide bonds. The minimum absolute atomic E-state index is 0.0199. The van der Waals surface area contributed by atoms with Crippen LogP contribution in [0.5, 0.6) is 0 Å². The van der Waals surface area contributed by atoms with Gasteiger partial charge in [-0.1, -0.05) is 6.07 Å². The molecule has 2 aliphatic heterocycles. The van der Waals surface area contributed by atoms with Gasteiger partial charge in [0.15, 0.2) is 0 Å². The van der Waals surface area contributed by atoms with Crippen molar-refractivity contribution in [1.82, 2.24) is 24.1 Å². The molecule has 2 aromatic heterocycles. The van der Waals surface area contributed by atoms with E-state index < -0.39 is 0 Å². The van der Waals surface area contributed by atoms with Crippen molar-refractivity contribution in [1.29, 1.82) is 0 Å². The molecule has 4 rings (SSSR count). The quantitative estimate of drug-likeness (QED) is 0.812. The van der Waals surface area contributed by atoms with Gasteiger partial charge in [0, 0.05) is 64.8 Å². The fraction of sp³-hybridized carbons (Fsp3) is 0.471. The number of carbonyl (C=O) groups is 1. The predicted molar refractivity (Wildman–Crippen MR) is 93.6 cm³/mol. The van der Waals surface area contributed by atoms with Crippen molar-refractivity contribution in [2.24, 2.45) is 7.05 Å². The van der Waals surface area contributed by atoms with Crippen LogP contribution in [0.25, 0.3) is 0 Å². The highest BCUT2D eigenvalue weighted by molar-refractivity contribution is 5.93. The zero-order valence-electron chi connectivity index (χ0n) is 14.5. The van der Waals surface area contributed by atoms with Gasteiger partial charge in [-0.05, 0) is 6.07 Å². The lowest BCUT2D eigenvalue weighted by atomic mass is 10.1. The predicted octanol–water partition coefficient (Wildman–Crippen LogP) is 0.510. The second kappa shape index (κ2) is 6.03. The van der Waals surface area contributed by atoms with Crippen molar-refractivity contribution < 1.29 is 4.79 Å². The number of aromatic nitrogens is 3. The van der Waals surface area contributed by atoms with Crippen molar-refractivity contribution in [2.75, 3.05) is 38.1 Å². The van der Waals surface area contributed by atoms with E-state index in [9.17, 15) is 9.59 Å². The number of hydrogen-bond donors (Lipinski definition) is 0. The molecular weight excluding hydrogens is 320 g/mol. The lowest BCUT2D eigenvalue weighted by Gasteiger charge is -2.39. The van der Waals surface area contributed by atoms with Crippen molar-refractivity contribution in [2.45, 2.75) is 12.6 Å². The monoisotopic (exact) mass is 342 g/mol. The van der Waals surface area contributed by atoms with Gasteiger partial charge in [0.1, 0.15) is 0 Å². The summed E-state index contributed by atoms with van der Waals surface area (Å²) in [6, 6.07) is 5.70. The molecule has 0 N–H and O–H groups in total. The number of nitrogens with zero attached hydrogens (tertiary/aromatic N) is 6. The van der Waals surface area contributed by atoms with E-state index >= 15 is 0 Å². The zero-order chi connectivity index (χ0) is 17.6. The fourth-order valence-corrected chi connectivity index (χ4v) is 3.39. The van der Waals surface area contributed by atoms with E-state index in [2.05, 4.69) is 10.00 Å². The van der Waals surface area contributed by atoms with E-state index in [1.54, 1.807) is 39.7 Å². The molecule has 0 saturated carbocycles. The van der Waals surface area contributed by atoms with Crippen LogP contribution in [0.4, 0.5) is 10.5 Å². The largest absolute Gasteiger partial charge is 0.326 e. The molecule has 0 aliphatic carbocycles. The summed E-state index contributed by atoms with van der Waals surface area (Å²) in [5.74, 6) is 0. The molecule has 4 heterocycles. The standard InChI is InChI=1S/C17H22N6O2/c1-19-6-7-22(17(19)25)14-8-18-23(12-14)15-10-21(11-15)9-13-4-3-5-16(24)20(13)2/h3-5,8,12,15H,6-7,9-11H2,1-2H3. The van der Waals surface area contributed by atoms with E-state index in [0.717, 1.165) is 37.6 Å². The Kier molecular flexibility index (Phi) is 3.84. The molecule has 0 bridgehead atoms. The number of anilines is 1. The number of amides is 2. The minimum atomic E-state index is 0.0199. The molecule has 8 nitrogen and oxygen atoms in total. The Morgan fingerprint density at radius 3 is 2.68 bits per heavy atom. The SMILES string of the molecule is CN1CCN(c2cnn(C3CN(Cc4cccc(=O)n4C)C3)c2)C1=O. The van der Waals surface area contributed by atoms with Crippen LogP contribution in [0.1, 0.15) is 11.7 Å². The van der Waals surface area contributed by atoms with Crippen molar-refractivity contribution >= 4 is 11.7 Å². The summed E-state index contributed by atoms with van der Waals surface area (Å²) in [4.78, 5) is 29.5. The molecule has 2 fully saturated rings. The van der Waals surface area contributed by atoms with Crippen molar-refractivity contribution in [3.05, 3.63) is 46.6 Å². The third-order valence-corrected chi connectivity index (χ3v) is 5.10. The summed E-state index contributed by atoms with van der Waals surface area (Å²) in [5, 5.41) is 4.44. The van der Waals surface area contributed by atoms with Gasteiger partial charge in [0.2, 0.25) is 5.56 Å². The third kappa shape index (κ3) is 2.82. The lowest BCUT2D eigenvalue weighted by Crippen LogP contribution is -2.47. The lowest BCUT2D eigenvalue weighted by molar-refractivity contribution is 0.0883. The summed E-state index contributed by atoms with van der Waals surface area (Å²) in [6.07, 6.45) is 3.72. The van der Waals surface area contributed by atoms with Gasteiger partial charge in [-0.2, -0.15) is 5.10 Å². The first-order chi connectivity index (χ1) is 12.0. The fourth-order valence-electron chi connectivity index (χ4n) is 3.39. The van der Waals surface area contributed by atoms with E-state index in [4.69, 9.17) is 0 Å². The second-order valence-corrected chi connectivity index (χ2v) is 6.80. The zero-order valence-corrected chi connectivity index (χ0v) is 14.5. The number of hydrogen-bond acceptors (Lipinski definition) is 4. The van der Waals surface area contributed by atoms with E-state index in [1.807, 2.05) is 24.0 Å². The van der Waals surface area contributed by atoms with Gasteiger partial charge < -0.3 is 9.47 Å². The summed E-state index contributed by atoms with van der Waals surface area (Å²) < 4.78 is 3.64. The van der Waals surface area contributed by atoms with Crippen LogP contribution in [-0.4, -0.2) is 63.4 Å². The summed E-state index contributed by atoms with van der Waals surface area (Å²) in [7, 11) is 3.62. The Morgan fingerprint density at radius 2 is 1.96 bits per heavy atom. The summed E-state index contributed by atoms with van der Waals surface area (Å²) in [6.45, 7) is 3.99. The maximum Gasteiger partial charge on any atom is 0.324 e. The van der Waals surface area contributed by atoms with Gasteiger partial charge in [-0.25, -0.2) is 4.79 Å². The van der Waals surface area contributed by atoms with E-state index in [-0.39, 0.29) is 11.6 Å². The topological polar surface area (TPSA) is 66.6 Å². The smallest absolute Gasteiger partial charge is 0.324 e. The number of pyridine rings is 1. The maximum atomic E-state index is 12.1. The summed E-state index contributed by atoms with van der Waals surface area (Å²) in [5.41, 5.74) is 1.89. The average Bonchev–Trinajstić information content (AvgIpc) is 3.14. The molecule has 2 aliphatic rings. The Balaban J connectivity index is 1.37. The highest BCUT2D eigenvalue weighted by Crippen LogP contribution is 2.25. The van der Waals surface area contributed by atoms with Crippen molar-refractivity contribution in [3.8, 4) is 0 Å². The maximum absolute atomic E-state index is 12.1. The summed E-state index contributed by atoms with van der Waals surface area (Å²) >= 11 is 0. The number of likely N-dealkylation sites (N-methyl/N-ethyl adjacent to an activating group) is 1. The van der Waals surface area contributed by atoms with E-state index in [0.29, 0.717) is 12.6 Å². The van der Waals surface area contributed by atoms with Crippen LogP contribution in [-0.2, 0) is 13.6 Å². The highest BCUT2D eigenvalue weighted by Gasteiger charge is 2.31. The van der Waals surface area contributed by atoms with Gasteiger partial charge in [0.25, 0.3) is 0 Å². The highest BCUT2D eigenvalue weighted by atomic mass is 16.2. The molecule has 0 aromatic carbocycles. The molecular formula is C17H22N6O2. The molecule has 0 radical (unpaired) electrons. The van der Waals surface area contributed by atoms with Crippen molar-refractivity contribution in [3.63, 3.8) is 0 Å². The van der Waals surface area contributed by atoms with Crippen LogP contribution in [0.15, 0.2) is 35.4 Å². The number of urea groups is 1. The molecule has 0 atom stereocenters. The average molecular weight is 342 g/mol. The van der Waals surface area contributed by atoms with Crippen LogP contribution >= 0.6 is 0 Å². The molecule has 2 saturated heterocycles. The molecule has 8 heteroatoms. The molecule has 2 aromatic rings. The number of carbonyl (C=O) groups excluding carboxylic acids is 1. The Hall–Kier alpha value is -2.61. The van der Waals surface area contributed by atoms with Crippen LogP contribution in [0.3, 0.4) is 0 Å². The Morgan fingerprint density at radius 1 is 1.16 bits per heavy atom. The minimum Gasteiger partial charge on any atom is -0.326 e. The Bertz CT molecular complexity index is 851.